The number of carbonyl (C=O) groups excluding carboxylic acids is 1. The van der Waals surface area contributed by atoms with E-state index in [1.54, 1.807) is 24.1 Å². The van der Waals surface area contributed by atoms with Gasteiger partial charge in [0.25, 0.3) is 0 Å². The van der Waals surface area contributed by atoms with Crippen molar-refractivity contribution < 1.29 is 9.18 Å². The van der Waals surface area contributed by atoms with Crippen LogP contribution < -0.4 is 5.32 Å². The molecule has 0 atom stereocenters. The highest BCUT2D eigenvalue weighted by atomic mass is 35.5. The molecule has 0 saturated carbocycles. The summed E-state index contributed by atoms with van der Waals surface area (Å²) in [5.74, 6) is -0.138. The van der Waals surface area contributed by atoms with Gasteiger partial charge in [-0.05, 0) is 37.7 Å². The summed E-state index contributed by atoms with van der Waals surface area (Å²) in [5, 5.41) is 3.01. The lowest BCUT2D eigenvalue weighted by Crippen LogP contribution is -2.26. The Morgan fingerprint density at radius 3 is 2.50 bits per heavy atom. The average Bonchev–Trinajstić information content (AvgIpc) is 2.32. The molecule has 1 aromatic carbocycles. The lowest BCUT2D eigenvalue weighted by Gasteiger charge is -2.17. The first-order chi connectivity index (χ1) is 8.13. The minimum Gasteiger partial charge on any atom is -0.341 e. The summed E-state index contributed by atoms with van der Waals surface area (Å²) in [7, 11) is 3.64. The molecule has 0 aliphatic carbocycles. The van der Waals surface area contributed by atoms with Gasteiger partial charge in [0.15, 0.2) is 0 Å². The van der Waals surface area contributed by atoms with Crippen molar-refractivity contribution in [3.05, 3.63) is 35.6 Å². The molecule has 0 unspecified atom stereocenters. The second-order valence-corrected chi connectivity index (χ2v) is 4.08. The van der Waals surface area contributed by atoms with Crippen LogP contribution in [0.25, 0.3) is 0 Å². The Morgan fingerprint density at radius 1 is 1.33 bits per heavy atom. The topological polar surface area (TPSA) is 32.3 Å². The number of hydrogen-bond acceptors (Lipinski definition) is 2. The first kappa shape index (κ1) is 16.9. The molecule has 0 bridgehead atoms. The number of nitrogens with zero attached hydrogens (tertiary/aromatic N) is 1. The van der Waals surface area contributed by atoms with E-state index in [0.29, 0.717) is 13.0 Å². The number of nitrogens with one attached hydrogen (secondary N) is 1. The lowest BCUT2D eigenvalue weighted by molar-refractivity contribution is -0.130. The Kier molecular flexibility index (Phi) is 8.33. The van der Waals surface area contributed by atoms with Crippen LogP contribution in [0.5, 0.6) is 0 Å². The zero-order chi connectivity index (χ0) is 12.7. The molecule has 1 rings (SSSR count). The normalized spacial score (nSPS) is 9.72. The van der Waals surface area contributed by atoms with Crippen molar-refractivity contribution >= 4 is 18.3 Å². The van der Waals surface area contributed by atoms with E-state index in [1.165, 1.54) is 12.1 Å². The Labute approximate surface area is 114 Å². The van der Waals surface area contributed by atoms with Gasteiger partial charge < -0.3 is 10.2 Å². The van der Waals surface area contributed by atoms with Crippen LogP contribution in [0.1, 0.15) is 18.4 Å². The van der Waals surface area contributed by atoms with E-state index >= 15 is 0 Å². The van der Waals surface area contributed by atoms with Crippen molar-refractivity contribution in [2.45, 2.75) is 19.4 Å². The average molecular weight is 275 g/mol. The third-order valence-corrected chi connectivity index (χ3v) is 2.58. The SMILES string of the molecule is CNCCCC(=O)N(C)Cc1ccc(F)cc1.Cl. The van der Waals surface area contributed by atoms with Crippen LogP contribution in [0.2, 0.25) is 0 Å². The monoisotopic (exact) mass is 274 g/mol. The minimum atomic E-state index is -0.253. The number of benzene rings is 1. The lowest BCUT2D eigenvalue weighted by atomic mass is 10.2. The molecule has 0 saturated heterocycles. The Balaban J connectivity index is 0.00000289. The first-order valence-electron chi connectivity index (χ1n) is 5.76. The maximum absolute atomic E-state index is 12.7. The summed E-state index contributed by atoms with van der Waals surface area (Å²) < 4.78 is 12.7. The molecular weight excluding hydrogens is 255 g/mol. The summed E-state index contributed by atoms with van der Waals surface area (Å²) in [6.45, 7) is 1.37. The fraction of sp³-hybridized carbons (Fsp3) is 0.462. The predicted octanol–water partition coefficient (Wildman–Crippen LogP) is 2.21. The van der Waals surface area contributed by atoms with Gasteiger partial charge in [-0.2, -0.15) is 0 Å². The molecular formula is C13H20ClFN2O. The quantitative estimate of drug-likeness (QED) is 0.807. The van der Waals surface area contributed by atoms with Crippen LogP contribution in [-0.2, 0) is 11.3 Å². The van der Waals surface area contributed by atoms with Crippen molar-refractivity contribution in [1.82, 2.24) is 10.2 Å². The van der Waals surface area contributed by atoms with Gasteiger partial charge in [-0.15, -0.1) is 12.4 Å². The van der Waals surface area contributed by atoms with Crippen molar-refractivity contribution in [3.8, 4) is 0 Å². The van der Waals surface area contributed by atoms with E-state index in [4.69, 9.17) is 0 Å². The molecule has 1 amide bonds. The van der Waals surface area contributed by atoms with Crippen LogP contribution in [0.4, 0.5) is 4.39 Å². The van der Waals surface area contributed by atoms with Crippen molar-refractivity contribution in [2.24, 2.45) is 0 Å². The number of hydrogen-bond donors (Lipinski definition) is 1. The van der Waals surface area contributed by atoms with Crippen LogP contribution in [0, 0.1) is 5.82 Å². The van der Waals surface area contributed by atoms with Crippen molar-refractivity contribution in [2.75, 3.05) is 20.6 Å². The molecule has 0 aliphatic rings. The van der Waals surface area contributed by atoms with Crippen LogP contribution >= 0.6 is 12.4 Å². The van der Waals surface area contributed by atoms with Crippen molar-refractivity contribution in [3.63, 3.8) is 0 Å². The molecule has 18 heavy (non-hydrogen) atoms. The fourth-order valence-corrected chi connectivity index (χ4v) is 1.56. The Morgan fingerprint density at radius 2 is 1.94 bits per heavy atom. The van der Waals surface area contributed by atoms with Gasteiger partial charge >= 0.3 is 0 Å². The van der Waals surface area contributed by atoms with E-state index in [2.05, 4.69) is 5.32 Å². The molecule has 3 nitrogen and oxygen atoms in total. The highest BCUT2D eigenvalue weighted by Crippen LogP contribution is 2.06. The molecule has 0 fully saturated rings. The summed E-state index contributed by atoms with van der Waals surface area (Å²) in [6, 6.07) is 6.22. The summed E-state index contributed by atoms with van der Waals surface area (Å²) in [6.07, 6.45) is 1.38. The highest BCUT2D eigenvalue weighted by molar-refractivity contribution is 5.85. The third-order valence-electron chi connectivity index (χ3n) is 2.58. The predicted molar refractivity (Wildman–Crippen MR) is 73.3 cm³/mol. The van der Waals surface area contributed by atoms with Gasteiger partial charge in [0.05, 0.1) is 0 Å². The smallest absolute Gasteiger partial charge is 0.222 e. The molecule has 1 aromatic rings. The minimum absolute atomic E-state index is 0. The van der Waals surface area contributed by atoms with Gasteiger partial charge in [-0.1, -0.05) is 12.1 Å². The van der Waals surface area contributed by atoms with Crippen LogP contribution in [-0.4, -0.2) is 31.4 Å². The summed E-state index contributed by atoms with van der Waals surface area (Å²) in [4.78, 5) is 13.4. The van der Waals surface area contributed by atoms with E-state index < -0.39 is 0 Å². The van der Waals surface area contributed by atoms with E-state index in [1.807, 2.05) is 7.05 Å². The molecule has 102 valence electrons. The molecule has 0 radical (unpaired) electrons. The van der Waals surface area contributed by atoms with E-state index in [0.717, 1.165) is 18.5 Å². The van der Waals surface area contributed by atoms with E-state index in [9.17, 15) is 9.18 Å². The number of rotatable bonds is 6. The first-order valence-corrected chi connectivity index (χ1v) is 5.76. The summed E-state index contributed by atoms with van der Waals surface area (Å²) in [5.41, 5.74) is 0.941. The van der Waals surface area contributed by atoms with Gasteiger partial charge in [0.1, 0.15) is 5.82 Å². The molecule has 0 heterocycles. The van der Waals surface area contributed by atoms with Crippen LogP contribution in [0.15, 0.2) is 24.3 Å². The number of carbonyl (C=O) groups is 1. The second kappa shape index (κ2) is 8.89. The zero-order valence-corrected chi connectivity index (χ0v) is 11.6. The van der Waals surface area contributed by atoms with Gasteiger partial charge in [0.2, 0.25) is 5.91 Å². The third kappa shape index (κ3) is 5.98. The molecule has 0 aromatic heterocycles. The molecule has 0 aliphatic heterocycles. The Hall–Kier alpha value is -1.13. The van der Waals surface area contributed by atoms with E-state index in [-0.39, 0.29) is 24.1 Å². The van der Waals surface area contributed by atoms with Crippen LogP contribution in [0.3, 0.4) is 0 Å². The number of halogens is 2. The largest absolute Gasteiger partial charge is 0.341 e. The highest BCUT2D eigenvalue weighted by Gasteiger charge is 2.08. The Bertz CT molecular complexity index is 357. The fourth-order valence-electron chi connectivity index (χ4n) is 1.56. The van der Waals surface area contributed by atoms with Crippen molar-refractivity contribution in [1.29, 1.82) is 0 Å². The standard InChI is InChI=1S/C13H19FN2O.ClH/c1-15-9-3-4-13(17)16(2)10-11-5-7-12(14)8-6-11;/h5-8,15H,3-4,9-10H2,1-2H3;1H. The second-order valence-electron chi connectivity index (χ2n) is 4.08. The van der Waals surface area contributed by atoms with Gasteiger partial charge in [-0.3, -0.25) is 4.79 Å². The maximum Gasteiger partial charge on any atom is 0.222 e. The molecule has 5 heteroatoms. The van der Waals surface area contributed by atoms with Gasteiger partial charge in [-0.25, -0.2) is 4.39 Å². The summed E-state index contributed by atoms with van der Waals surface area (Å²) >= 11 is 0. The maximum atomic E-state index is 12.7. The zero-order valence-electron chi connectivity index (χ0n) is 10.8. The molecule has 0 spiro atoms. The molecule has 1 N–H and O–H groups in total. The number of amides is 1. The van der Waals surface area contributed by atoms with Gasteiger partial charge in [0, 0.05) is 20.0 Å².